The van der Waals surface area contributed by atoms with E-state index in [1.807, 2.05) is 27.7 Å². The Kier molecular flexibility index (Phi) is 11.5. The molecule has 10 fully saturated rings. The van der Waals surface area contributed by atoms with Crippen molar-refractivity contribution in [1.29, 1.82) is 0 Å². The van der Waals surface area contributed by atoms with Gasteiger partial charge in [-0.3, -0.25) is 19.2 Å². The molecule has 2 N–H and O–H groups in total. The average Bonchev–Trinajstić information content (AvgIpc) is 3.54. The lowest BCUT2D eigenvalue weighted by Gasteiger charge is -2.59. The summed E-state index contributed by atoms with van der Waals surface area (Å²) in [5.41, 5.74) is -1.48. The Morgan fingerprint density at radius 2 is 0.982 bits per heavy atom. The highest BCUT2D eigenvalue weighted by molar-refractivity contribution is 5.79. The molecular formula is C41H62N2O14. The molecule has 2 spiro atoms. The molecule has 10 aliphatic rings. The summed E-state index contributed by atoms with van der Waals surface area (Å²) in [6.45, 7) is 12.4. The van der Waals surface area contributed by atoms with E-state index in [2.05, 4.69) is 24.5 Å². The Hall–Kier alpha value is -2.44. The first-order valence-corrected chi connectivity index (χ1v) is 21.5. The van der Waals surface area contributed by atoms with Gasteiger partial charge in [0.2, 0.25) is 36.0 Å². The van der Waals surface area contributed by atoms with Crippen molar-refractivity contribution in [2.75, 3.05) is 13.1 Å². The third kappa shape index (κ3) is 7.52. The molecule has 8 heterocycles. The summed E-state index contributed by atoms with van der Waals surface area (Å²) in [5.74, 6) is -2.34. The van der Waals surface area contributed by atoms with E-state index in [4.69, 9.17) is 48.0 Å². The number of rotatable bonds is 12. The van der Waals surface area contributed by atoms with E-state index < -0.39 is 59.9 Å². The molecule has 16 heteroatoms. The Bertz CT molecular complexity index is 1440. The Morgan fingerprint density at radius 3 is 1.40 bits per heavy atom. The minimum atomic E-state index is -0.922. The van der Waals surface area contributed by atoms with Gasteiger partial charge in [0.05, 0.1) is 12.8 Å². The van der Waals surface area contributed by atoms with Gasteiger partial charge in [-0.1, -0.05) is 27.7 Å². The molecule has 8 aliphatic heterocycles. The van der Waals surface area contributed by atoms with E-state index in [-0.39, 0.29) is 86.1 Å². The molecule has 10 rings (SSSR count). The van der Waals surface area contributed by atoms with Crippen LogP contribution >= 0.6 is 0 Å². The molecule has 0 aromatic carbocycles. The first-order chi connectivity index (χ1) is 27.2. The summed E-state index contributed by atoms with van der Waals surface area (Å²) in [6.07, 6.45) is 4.45. The number of carbonyl (C=O) groups is 4. The lowest BCUT2D eigenvalue weighted by Crippen LogP contribution is -2.70. The van der Waals surface area contributed by atoms with Crippen molar-refractivity contribution in [2.24, 2.45) is 47.3 Å². The van der Waals surface area contributed by atoms with Gasteiger partial charge >= 0.3 is 11.9 Å². The van der Waals surface area contributed by atoms with Crippen molar-refractivity contribution >= 4 is 23.8 Å². The van der Waals surface area contributed by atoms with Crippen molar-refractivity contribution < 1.29 is 67.1 Å². The van der Waals surface area contributed by atoms with Crippen molar-refractivity contribution in [3.05, 3.63) is 0 Å². The topological polar surface area (TPSA) is 185 Å². The van der Waals surface area contributed by atoms with E-state index in [9.17, 15) is 19.2 Å². The molecule has 0 aromatic rings. The number of nitrogens with one attached hydrogen (secondary N) is 2. The molecule has 2 saturated carbocycles. The van der Waals surface area contributed by atoms with Crippen LogP contribution in [0.3, 0.4) is 0 Å². The second-order valence-electron chi connectivity index (χ2n) is 18.6. The normalized spacial score (nSPS) is 46.7. The number of carbonyl (C=O) groups excluding carboxylic acids is 4. The summed E-state index contributed by atoms with van der Waals surface area (Å²) in [7, 11) is 0. The van der Waals surface area contributed by atoms with E-state index in [1.54, 1.807) is 0 Å². The number of fused-ring (bicyclic) bond motifs is 4. The van der Waals surface area contributed by atoms with Crippen LogP contribution in [0, 0.1) is 47.3 Å². The zero-order valence-corrected chi connectivity index (χ0v) is 34.3. The predicted octanol–water partition coefficient (Wildman–Crippen LogP) is 4.67. The molecule has 320 valence electrons. The van der Waals surface area contributed by atoms with Crippen LogP contribution in [0.2, 0.25) is 0 Å². The van der Waals surface area contributed by atoms with Crippen LogP contribution in [0.15, 0.2) is 0 Å². The first-order valence-electron chi connectivity index (χ1n) is 21.5. The molecule has 16 nitrogen and oxygen atoms in total. The Balaban J connectivity index is 0.717. The highest BCUT2D eigenvalue weighted by Crippen LogP contribution is 2.62. The molecule has 4 bridgehead atoms. The van der Waals surface area contributed by atoms with Gasteiger partial charge in [-0.2, -0.15) is 0 Å². The van der Waals surface area contributed by atoms with Crippen LogP contribution in [0.4, 0.5) is 0 Å². The van der Waals surface area contributed by atoms with Gasteiger partial charge in [0.15, 0.2) is 23.8 Å². The van der Waals surface area contributed by atoms with Gasteiger partial charge in [0.1, 0.15) is 0 Å². The maximum atomic E-state index is 12.9. The second kappa shape index (κ2) is 15.9. The lowest BCUT2D eigenvalue weighted by molar-refractivity contribution is -0.576. The summed E-state index contributed by atoms with van der Waals surface area (Å²) in [6, 6.07) is 0. The molecule has 2 aliphatic carbocycles. The maximum Gasteiger partial charge on any atom is 0.309 e. The number of esters is 2. The second-order valence-corrected chi connectivity index (χ2v) is 18.6. The van der Waals surface area contributed by atoms with E-state index in [1.165, 1.54) is 0 Å². The van der Waals surface area contributed by atoms with E-state index in [0.29, 0.717) is 31.1 Å². The highest BCUT2D eigenvalue weighted by atomic mass is 17.3. The fourth-order valence-electron chi connectivity index (χ4n) is 11.6. The smallest absolute Gasteiger partial charge is 0.309 e. The Morgan fingerprint density at radius 1 is 0.561 bits per heavy atom. The largest absolute Gasteiger partial charge is 0.435 e. The van der Waals surface area contributed by atoms with Crippen LogP contribution in [-0.2, 0) is 67.1 Å². The molecule has 0 aromatic heterocycles. The zero-order chi connectivity index (χ0) is 40.3. The highest BCUT2D eigenvalue weighted by Gasteiger charge is 2.71. The molecule has 57 heavy (non-hydrogen) atoms. The van der Waals surface area contributed by atoms with Crippen LogP contribution in [0.5, 0.6) is 0 Å². The van der Waals surface area contributed by atoms with Crippen molar-refractivity contribution in [3.63, 3.8) is 0 Å². The van der Waals surface area contributed by atoms with Crippen LogP contribution in [0.1, 0.15) is 125 Å². The number of hydrogen-bond donors (Lipinski definition) is 2. The third-order valence-electron chi connectivity index (χ3n) is 14.8. The van der Waals surface area contributed by atoms with Gasteiger partial charge in [0, 0.05) is 62.4 Å². The molecule has 16 atom stereocenters. The van der Waals surface area contributed by atoms with Gasteiger partial charge in [-0.25, -0.2) is 19.6 Å². The van der Waals surface area contributed by atoms with Gasteiger partial charge < -0.3 is 39.1 Å². The number of amides is 2. The quantitative estimate of drug-likeness (QED) is 0.205. The lowest BCUT2D eigenvalue weighted by atomic mass is 9.58. The summed E-state index contributed by atoms with van der Waals surface area (Å²) < 4.78 is 36.9. The van der Waals surface area contributed by atoms with Crippen LogP contribution in [0.25, 0.3) is 0 Å². The Labute approximate surface area is 334 Å². The summed E-state index contributed by atoms with van der Waals surface area (Å²) in [4.78, 5) is 74.8. The first kappa shape index (κ1) is 41.3. The van der Waals surface area contributed by atoms with Crippen molar-refractivity contribution in [1.82, 2.24) is 10.6 Å². The minimum absolute atomic E-state index is 0.0306. The maximum absolute atomic E-state index is 12.9. The molecular weight excluding hydrogens is 744 g/mol. The fourth-order valence-corrected chi connectivity index (χ4v) is 11.6. The third-order valence-corrected chi connectivity index (χ3v) is 14.8. The van der Waals surface area contributed by atoms with Crippen molar-refractivity contribution in [2.45, 2.75) is 173 Å². The molecule has 2 amide bonds. The average molecular weight is 807 g/mol. The summed E-state index contributed by atoms with van der Waals surface area (Å²) >= 11 is 0. The van der Waals surface area contributed by atoms with Gasteiger partial charge in [-0.15, -0.1) is 0 Å². The van der Waals surface area contributed by atoms with E-state index >= 15 is 0 Å². The molecule has 0 radical (unpaired) electrons. The van der Waals surface area contributed by atoms with E-state index in [0.717, 1.165) is 38.5 Å². The van der Waals surface area contributed by atoms with Gasteiger partial charge in [-0.05, 0) is 82.5 Å². The standard InChI is InChI=1S/C41H62N2O14/c1-22-10-12-28-24(3)34(50-36-40(28)26(22)14-18-38(5,52-36)54-56-40)48-32(46)16-20-42-30(44)8-7-9-31(45)43-21-17-33(47)49-35-25(4)29-13-11-23(2)27-15-19-39(6)53-37(51-35)41(27,29)57-55-39/h22-29,34-37H,7-21H2,1-6H3,(H,42,44)(H,43,45)/t22-,23-,24-,25-,26+,27+,28+,29+,34-,35-,36-,37-,38-,39-,40-,41-/m1/s1. The van der Waals surface area contributed by atoms with Crippen molar-refractivity contribution in [3.8, 4) is 0 Å². The van der Waals surface area contributed by atoms with Gasteiger partial charge in [0.25, 0.3) is 0 Å². The number of hydrogen-bond acceptors (Lipinski definition) is 14. The fraction of sp³-hybridized carbons (Fsp3) is 0.902. The molecule has 8 saturated heterocycles. The molecule has 0 unspecified atom stereocenters. The SMILES string of the molecule is C[C@H]1[C@H](OC(=O)CCNC(=O)CCCC(=O)NCCC(=O)O[C@@H]2O[C@@H]3O[C@@]4(C)CC[C@H]5[C@H](C)CC[C@@H]([C@H]2C)[C@@]35OO4)O[C@@H]2O[C@@]3(C)CC[C@H]4[C@H](C)CC[C@@H]1[C@@]24OO3. The number of ether oxygens (including phenoxy) is 6. The van der Waals surface area contributed by atoms with Crippen LogP contribution < -0.4 is 10.6 Å². The zero-order valence-electron chi connectivity index (χ0n) is 34.3. The van der Waals surface area contributed by atoms with Crippen LogP contribution in [-0.4, -0.2) is 84.8 Å². The summed E-state index contributed by atoms with van der Waals surface area (Å²) in [5, 5.41) is 5.46. The predicted molar refractivity (Wildman–Crippen MR) is 195 cm³/mol. The minimum Gasteiger partial charge on any atom is -0.435 e. The monoisotopic (exact) mass is 806 g/mol.